The highest BCUT2D eigenvalue weighted by Gasteiger charge is 2.14. The topological polar surface area (TPSA) is 26.3 Å². The second kappa shape index (κ2) is 6.51. The van der Waals surface area contributed by atoms with Crippen LogP contribution in [0.15, 0.2) is 15.9 Å². The number of thiophene rings is 1. The van der Waals surface area contributed by atoms with Gasteiger partial charge in [0.25, 0.3) is 0 Å². The molecule has 1 unspecified atom stereocenters. The number of esters is 1. The van der Waals surface area contributed by atoms with Crippen LogP contribution in [-0.2, 0) is 9.53 Å². The minimum atomic E-state index is -0.184. The molecule has 0 N–H and O–H groups in total. The SMILES string of the molecule is CCOC(=O)CCC(Cl)c1sccc1Br. The number of rotatable bonds is 5. The van der Waals surface area contributed by atoms with Gasteiger partial charge in [-0.2, -0.15) is 0 Å². The summed E-state index contributed by atoms with van der Waals surface area (Å²) in [5.74, 6) is -0.184. The van der Waals surface area contributed by atoms with Gasteiger partial charge < -0.3 is 4.74 Å². The third-order valence-electron chi connectivity index (χ3n) is 1.84. The van der Waals surface area contributed by atoms with E-state index >= 15 is 0 Å². The molecule has 0 aromatic carbocycles. The molecule has 2 nitrogen and oxygen atoms in total. The van der Waals surface area contributed by atoms with Gasteiger partial charge in [0, 0.05) is 15.8 Å². The summed E-state index contributed by atoms with van der Waals surface area (Å²) in [6, 6.07) is 1.96. The minimum Gasteiger partial charge on any atom is -0.466 e. The molecule has 0 aliphatic carbocycles. The van der Waals surface area contributed by atoms with E-state index in [0.717, 1.165) is 9.35 Å². The Morgan fingerprint density at radius 1 is 1.73 bits per heavy atom. The Morgan fingerprint density at radius 2 is 2.47 bits per heavy atom. The molecule has 0 aliphatic rings. The van der Waals surface area contributed by atoms with E-state index in [2.05, 4.69) is 15.9 Å². The maximum absolute atomic E-state index is 11.1. The molecule has 84 valence electrons. The third-order valence-corrected chi connectivity index (χ3v) is 4.39. The fourth-order valence-corrected chi connectivity index (χ4v) is 3.31. The van der Waals surface area contributed by atoms with Crippen molar-refractivity contribution in [1.29, 1.82) is 0 Å². The summed E-state index contributed by atoms with van der Waals surface area (Å²) in [4.78, 5) is 12.2. The van der Waals surface area contributed by atoms with Crippen LogP contribution >= 0.6 is 38.9 Å². The highest BCUT2D eigenvalue weighted by atomic mass is 79.9. The van der Waals surface area contributed by atoms with Crippen molar-refractivity contribution in [3.8, 4) is 0 Å². The Balaban J connectivity index is 2.40. The van der Waals surface area contributed by atoms with Gasteiger partial charge in [0.05, 0.1) is 12.0 Å². The number of halogens is 2. The monoisotopic (exact) mass is 310 g/mol. The molecule has 0 saturated heterocycles. The summed E-state index contributed by atoms with van der Waals surface area (Å²) in [5.41, 5.74) is 0. The molecule has 0 amide bonds. The molecular weight excluding hydrogens is 300 g/mol. The Kier molecular flexibility index (Phi) is 5.64. The van der Waals surface area contributed by atoms with Gasteiger partial charge in [-0.15, -0.1) is 22.9 Å². The summed E-state index contributed by atoms with van der Waals surface area (Å²) in [7, 11) is 0. The molecule has 1 atom stereocenters. The highest BCUT2D eigenvalue weighted by molar-refractivity contribution is 9.10. The van der Waals surface area contributed by atoms with E-state index in [0.29, 0.717) is 19.4 Å². The molecule has 1 rings (SSSR count). The summed E-state index contributed by atoms with van der Waals surface area (Å²) in [5, 5.41) is 1.85. The van der Waals surface area contributed by atoms with Crippen LogP contribution in [0.5, 0.6) is 0 Å². The van der Waals surface area contributed by atoms with E-state index in [1.54, 1.807) is 18.3 Å². The zero-order valence-electron chi connectivity index (χ0n) is 8.33. The average Bonchev–Trinajstić information content (AvgIpc) is 2.61. The van der Waals surface area contributed by atoms with Crippen molar-refractivity contribution < 1.29 is 9.53 Å². The summed E-state index contributed by atoms with van der Waals surface area (Å²) < 4.78 is 5.84. The lowest BCUT2D eigenvalue weighted by molar-refractivity contribution is -0.143. The first-order valence-corrected chi connectivity index (χ1v) is 6.78. The van der Waals surface area contributed by atoms with Gasteiger partial charge in [-0.05, 0) is 40.7 Å². The quantitative estimate of drug-likeness (QED) is 0.603. The molecule has 1 aromatic rings. The molecule has 0 radical (unpaired) electrons. The normalized spacial score (nSPS) is 12.5. The van der Waals surface area contributed by atoms with Gasteiger partial charge in [0.2, 0.25) is 0 Å². The van der Waals surface area contributed by atoms with Crippen molar-refractivity contribution in [2.45, 2.75) is 25.1 Å². The second-order valence-electron chi connectivity index (χ2n) is 2.94. The lowest BCUT2D eigenvalue weighted by atomic mass is 10.2. The van der Waals surface area contributed by atoms with Gasteiger partial charge >= 0.3 is 5.97 Å². The number of hydrogen-bond acceptors (Lipinski definition) is 3. The molecule has 15 heavy (non-hydrogen) atoms. The third kappa shape index (κ3) is 4.13. The van der Waals surface area contributed by atoms with Gasteiger partial charge in [-0.25, -0.2) is 0 Å². The molecule has 0 aliphatic heterocycles. The second-order valence-corrected chi connectivity index (χ2v) is 5.27. The molecule has 1 aromatic heterocycles. The molecule has 0 spiro atoms. The van der Waals surface area contributed by atoms with Crippen LogP contribution in [0, 0.1) is 0 Å². The van der Waals surface area contributed by atoms with Crippen LogP contribution in [0.3, 0.4) is 0 Å². The van der Waals surface area contributed by atoms with Gasteiger partial charge in [0.1, 0.15) is 0 Å². The van der Waals surface area contributed by atoms with Gasteiger partial charge in [0.15, 0.2) is 0 Å². The first kappa shape index (κ1) is 13.0. The van der Waals surface area contributed by atoms with Crippen molar-refractivity contribution in [2.75, 3.05) is 6.61 Å². The highest BCUT2D eigenvalue weighted by Crippen LogP contribution is 2.35. The van der Waals surface area contributed by atoms with Crippen molar-refractivity contribution in [2.24, 2.45) is 0 Å². The predicted molar refractivity (Wildman–Crippen MR) is 66.5 cm³/mol. The van der Waals surface area contributed by atoms with Gasteiger partial charge in [-0.1, -0.05) is 0 Å². The van der Waals surface area contributed by atoms with E-state index in [-0.39, 0.29) is 11.3 Å². The zero-order chi connectivity index (χ0) is 11.3. The van der Waals surface area contributed by atoms with E-state index in [1.807, 2.05) is 11.4 Å². The minimum absolute atomic E-state index is 0.121. The van der Waals surface area contributed by atoms with E-state index in [1.165, 1.54) is 0 Å². The standard InChI is InChI=1S/C10H12BrClO2S/c1-2-14-9(13)4-3-8(12)10-7(11)5-6-15-10/h5-6,8H,2-4H2,1H3. The first-order valence-electron chi connectivity index (χ1n) is 4.67. The lowest BCUT2D eigenvalue weighted by Gasteiger charge is -2.07. The molecule has 0 bridgehead atoms. The Labute approximate surface area is 107 Å². The van der Waals surface area contributed by atoms with Crippen molar-refractivity contribution in [3.63, 3.8) is 0 Å². The van der Waals surface area contributed by atoms with Crippen LogP contribution in [0.1, 0.15) is 30.0 Å². The smallest absolute Gasteiger partial charge is 0.305 e. The van der Waals surface area contributed by atoms with Crippen molar-refractivity contribution in [1.82, 2.24) is 0 Å². The van der Waals surface area contributed by atoms with Gasteiger partial charge in [-0.3, -0.25) is 4.79 Å². The number of alkyl halides is 1. The van der Waals surface area contributed by atoms with Crippen LogP contribution in [0.25, 0.3) is 0 Å². The first-order chi connectivity index (χ1) is 7.15. The Bertz CT molecular complexity index is 327. The van der Waals surface area contributed by atoms with Crippen LogP contribution in [0.2, 0.25) is 0 Å². The summed E-state index contributed by atoms with van der Waals surface area (Å²) in [6.45, 7) is 2.22. The maximum atomic E-state index is 11.1. The molecule has 1 heterocycles. The maximum Gasteiger partial charge on any atom is 0.305 e. The number of carbonyl (C=O) groups excluding carboxylic acids is 1. The summed E-state index contributed by atoms with van der Waals surface area (Å²) in [6.07, 6.45) is 0.978. The molecule has 0 saturated carbocycles. The fraction of sp³-hybridized carbons (Fsp3) is 0.500. The number of hydrogen-bond donors (Lipinski definition) is 0. The zero-order valence-corrected chi connectivity index (χ0v) is 11.5. The van der Waals surface area contributed by atoms with E-state index in [4.69, 9.17) is 16.3 Å². The molecule has 5 heteroatoms. The Hall–Kier alpha value is -0.0600. The predicted octanol–water partition coefficient (Wildman–Crippen LogP) is 4.13. The number of ether oxygens (including phenoxy) is 1. The molecule has 0 fully saturated rings. The largest absolute Gasteiger partial charge is 0.466 e. The van der Waals surface area contributed by atoms with Crippen molar-refractivity contribution >= 4 is 44.8 Å². The lowest BCUT2D eigenvalue weighted by Crippen LogP contribution is -2.04. The van der Waals surface area contributed by atoms with Crippen molar-refractivity contribution in [3.05, 3.63) is 20.8 Å². The van der Waals surface area contributed by atoms with Crippen LogP contribution < -0.4 is 0 Å². The summed E-state index contributed by atoms with van der Waals surface area (Å²) >= 11 is 11.2. The van der Waals surface area contributed by atoms with E-state index in [9.17, 15) is 4.79 Å². The average molecular weight is 312 g/mol. The Morgan fingerprint density at radius 3 is 3.00 bits per heavy atom. The van der Waals surface area contributed by atoms with Crippen LogP contribution in [-0.4, -0.2) is 12.6 Å². The fourth-order valence-electron chi connectivity index (χ4n) is 1.14. The van der Waals surface area contributed by atoms with Crippen LogP contribution in [0.4, 0.5) is 0 Å². The molecular formula is C10H12BrClO2S. The van der Waals surface area contributed by atoms with E-state index < -0.39 is 0 Å². The number of carbonyl (C=O) groups is 1.